The Kier molecular flexibility index (Phi) is 5.63. The maximum atomic E-state index is 6.96. The van der Waals surface area contributed by atoms with Gasteiger partial charge in [0.1, 0.15) is 17.3 Å². The second kappa shape index (κ2) is 9.64. The van der Waals surface area contributed by atoms with Crippen molar-refractivity contribution < 1.29 is 13.9 Å². The summed E-state index contributed by atoms with van der Waals surface area (Å²) >= 11 is 1.69. The second-order valence-electron chi connectivity index (χ2n) is 10.1. The highest BCUT2D eigenvalue weighted by molar-refractivity contribution is 7.11. The van der Waals surface area contributed by atoms with Gasteiger partial charge >= 0.3 is 0 Å². The Morgan fingerprint density at radius 3 is 2.73 bits per heavy atom. The van der Waals surface area contributed by atoms with Gasteiger partial charge in [0.05, 0.1) is 28.8 Å². The number of para-hydroxylation sites is 1. The van der Waals surface area contributed by atoms with Crippen LogP contribution in [0, 0.1) is 0 Å². The first-order chi connectivity index (χ1) is 20.4. The van der Waals surface area contributed by atoms with Crippen molar-refractivity contribution in [2.45, 2.75) is 30.8 Å². The van der Waals surface area contributed by atoms with E-state index in [1.165, 1.54) is 0 Å². The highest BCUT2D eigenvalue weighted by Crippen LogP contribution is 2.57. The van der Waals surface area contributed by atoms with Gasteiger partial charge in [-0.25, -0.2) is 0 Å². The Bertz CT molecular complexity index is 1720. The third kappa shape index (κ3) is 3.62. The minimum atomic E-state index is -0.997. The van der Waals surface area contributed by atoms with E-state index in [4.69, 9.17) is 13.9 Å². The number of fused-ring (bicyclic) bond motifs is 1. The monoisotopic (exact) mass is 561 g/mol. The van der Waals surface area contributed by atoms with Gasteiger partial charge in [0, 0.05) is 24.4 Å². The maximum Gasteiger partial charge on any atom is 0.206 e. The number of benzene rings is 1. The molecule has 8 nitrogen and oxygen atoms in total. The van der Waals surface area contributed by atoms with Gasteiger partial charge in [0.15, 0.2) is 18.1 Å². The SMILES string of the molecule is C1=COC(N2C(c3cccs3)=C(c3ccco3)N(c3ccc[nH]3)C2(c2ccn[nH]2)C2C=Cc3ccccc3O2)CC1. The van der Waals surface area contributed by atoms with E-state index in [0.717, 1.165) is 57.7 Å². The number of hydrogen-bond donors (Lipinski definition) is 2. The van der Waals surface area contributed by atoms with Crippen molar-refractivity contribution in [1.82, 2.24) is 20.1 Å². The molecule has 5 aromatic rings. The topological polar surface area (TPSA) is 82.5 Å². The molecule has 204 valence electrons. The molecule has 0 radical (unpaired) electrons. The molecule has 0 saturated heterocycles. The number of thiophene rings is 1. The first-order valence-electron chi connectivity index (χ1n) is 13.6. The van der Waals surface area contributed by atoms with Gasteiger partial charge in [-0.15, -0.1) is 11.3 Å². The van der Waals surface area contributed by atoms with E-state index in [1.54, 1.807) is 23.8 Å². The lowest BCUT2D eigenvalue weighted by Crippen LogP contribution is -2.64. The Morgan fingerprint density at radius 2 is 1.98 bits per heavy atom. The average molecular weight is 562 g/mol. The highest BCUT2D eigenvalue weighted by Gasteiger charge is 2.63. The van der Waals surface area contributed by atoms with Crippen LogP contribution < -0.4 is 9.64 Å². The third-order valence-corrected chi connectivity index (χ3v) is 8.72. The fourth-order valence-electron chi connectivity index (χ4n) is 6.23. The van der Waals surface area contributed by atoms with E-state index < -0.39 is 11.8 Å². The van der Waals surface area contributed by atoms with Gasteiger partial charge in [0.25, 0.3) is 0 Å². The Balaban J connectivity index is 1.48. The molecular formula is C32H27N5O3S. The normalized spacial score (nSPS) is 23.5. The number of allylic oxidation sites excluding steroid dienone is 1. The number of aromatic nitrogens is 3. The first kappa shape index (κ1) is 24.0. The number of ether oxygens (including phenoxy) is 2. The smallest absolute Gasteiger partial charge is 0.206 e. The summed E-state index contributed by atoms with van der Waals surface area (Å²) in [5.41, 5.74) is 2.80. The molecular weight excluding hydrogens is 534 g/mol. The molecule has 2 N–H and O–H groups in total. The summed E-state index contributed by atoms with van der Waals surface area (Å²) < 4.78 is 19.6. The number of rotatable bonds is 6. The van der Waals surface area contributed by atoms with Gasteiger partial charge in [-0.1, -0.05) is 30.3 Å². The van der Waals surface area contributed by atoms with Crippen LogP contribution in [0.2, 0.25) is 0 Å². The highest BCUT2D eigenvalue weighted by atomic mass is 32.1. The van der Waals surface area contributed by atoms with E-state index in [9.17, 15) is 0 Å². The zero-order chi connectivity index (χ0) is 27.2. The average Bonchev–Trinajstić information content (AvgIpc) is 3.86. The third-order valence-electron chi connectivity index (χ3n) is 7.85. The predicted octanol–water partition coefficient (Wildman–Crippen LogP) is 7.02. The van der Waals surface area contributed by atoms with Crippen molar-refractivity contribution in [3.63, 3.8) is 0 Å². The largest absolute Gasteiger partial charge is 0.481 e. The molecule has 9 heteroatoms. The van der Waals surface area contributed by atoms with Crippen LogP contribution in [-0.2, 0) is 10.4 Å². The van der Waals surface area contributed by atoms with Gasteiger partial charge in [-0.05, 0) is 66.4 Å². The molecule has 0 amide bonds. The molecule has 0 saturated carbocycles. The lowest BCUT2D eigenvalue weighted by Gasteiger charge is -2.51. The molecule has 0 fully saturated rings. The van der Waals surface area contributed by atoms with Gasteiger partial charge in [-0.3, -0.25) is 10.00 Å². The molecule has 0 aliphatic carbocycles. The van der Waals surface area contributed by atoms with Crippen molar-refractivity contribution in [2.75, 3.05) is 4.90 Å². The first-order valence-corrected chi connectivity index (χ1v) is 14.5. The van der Waals surface area contributed by atoms with E-state index in [-0.39, 0.29) is 6.23 Å². The number of aromatic amines is 2. The number of H-pyrrole nitrogens is 2. The minimum Gasteiger partial charge on any atom is -0.481 e. The van der Waals surface area contributed by atoms with Crippen molar-refractivity contribution >= 4 is 34.6 Å². The molecule has 1 aromatic carbocycles. The quantitative estimate of drug-likeness (QED) is 0.232. The van der Waals surface area contributed by atoms with Crippen LogP contribution >= 0.6 is 11.3 Å². The number of furan rings is 1. The van der Waals surface area contributed by atoms with Crippen molar-refractivity contribution in [3.05, 3.63) is 131 Å². The molecule has 8 rings (SSSR count). The molecule has 41 heavy (non-hydrogen) atoms. The number of nitrogens with one attached hydrogen (secondary N) is 2. The minimum absolute atomic E-state index is 0.306. The summed E-state index contributed by atoms with van der Waals surface area (Å²) in [5, 5.41) is 9.91. The van der Waals surface area contributed by atoms with E-state index >= 15 is 0 Å². The van der Waals surface area contributed by atoms with Crippen LogP contribution in [0.3, 0.4) is 0 Å². The molecule has 0 spiro atoms. The fourth-order valence-corrected chi connectivity index (χ4v) is 7.00. The summed E-state index contributed by atoms with van der Waals surface area (Å²) in [4.78, 5) is 9.25. The zero-order valence-corrected chi connectivity index (χ0v) is 22.8. The molecule has 4 aromatic heterocycles. The maximum absolute atomic E-state index is 6.96. The number of hydrogen-bond acceptors (Lipinski definition) is 7. The van der Waals surface area contributed by atoms with Crippen LogP contribution in [-0.4, -0.2) is 32.4 Å². The van der Waals surface area contributed by atoms with Crippen molar-refractivity contribution in [1.29, 1.82) is 0 Å². The summed E-state index contributed by atoms with van der Waals surface area (Å²) in [5.74, 6) is 2.43. The van der Waals surface area contributed by atoms with E-state index in [2.05, 4.69) is 72.9 Å². The van der Waals surface area contributed by atoms with Crippen LogP contribution in [0.15, 0.2) is 114 Å². The fraction of sp³-hybridized carbons (Fsp3) is 0.156. The van der Waals surface area contributed by atoms with Gasteiger partial charge in [-0.2, -0.15) is 5.10 Å². The molecule has 3 unspecified atom stereocenters. The molecule has 3 aliphatic heterocycles. The van der Waals surface area contributed by atoms with Crippen molar-refractivity contribution in [3.8, 4) is 5.75 Å². The Labute approximate surface area is 240 Å². The summed E-state index contributed by atoms with van der Waals surface area (Å²) in [6.45, 7) is 0. The molecule has 7 heterocycles. The lowest BCUT2D eigenvalue weighted by atomic mass is 9.91. The Hall–Kier alpha value is -4.89. The van der Waals surface area contributed by atoms with E-state index in [0.29, 0.717) is 0 Å². The second-order valence-corrected chi connectivity index (χ2v) is 11.0. The van der Waals surface area contributed by atoms with Crippen molar-refractivity contribution in [2.24, 2.45) is 0 Å². The molecule has 3 atom stereocenters. The summed E-state index contributed by atoms with van der Waals surface area (Å²) in [6, 6.07) is 22.4. The van der Waals surface area contributed by atoms with Gasteiger partial charge in [0.2, 0.25) is 5.66 Å². The summed E-state index contributed by atoms with van der Waals surface area (Å²) in [7, 11) is 0. The zero-order valence-electron chi connectivity index (χ0n) is 22.0. The molecule has 0 bridgehead atoms. The van der Waals surface area contributed by atoms with Crippen LogP contribution in [0.5, 0.6) is 5.75 Å². The number of nitrogens with zero attached hydrogens (tertiary/aromatic N) is 3. The van der Waals surface area contributed by atoms with Crippen LogP contribution in [0.25, 0.3) is 17.5 Å². The van der Waals surface area contributed by atoms with E-state index in [1.807, 2.05) is 54.9 Å². The Morgan fingerprint density at radius 1 is 1.00 bits per heavy atom. The lowest BCUT2D eigenvalue weighted by molar-refractivity contribution is -0.0712. The summed E-state index contributed by atoms with van der Waals surface area (Å²) in [6.07, 6.45) is 14.5. The number of anilines is 1. The standard InChI is InChI=1S/C32H27N5O3S/c1-2-9-23-22(8-1)14-15-27(40-23)32(26-16-18-34-35-26)36(28-12-5-17-33-28)30(24-10-6-20-38-24)31(25-11-7-21-41-25)37(32)29-13-3-4-19-39-29/h1-2,4-12,14-21,27,29,33H,3,13H2,(H,34,35). The van der Waals surface area contributed by atoms with Gasteiger partial charge < -0.3 is 23.8 Å². The predicted molar refractivity (Wildman–Crippen MR) is 158 cm³/mol. The molecule has 3 aliphatic rings. The van der Waals surface area contributed by atoms with Crippen LogP contribution in [0.4, 0.5) is 5.82 Å². The van der Waals surface area contributed by atoms with Crippen LogP contribution in [0.1, 0.15) is 34.7 Å².